The number of sulfonamides is 1. The summed E-state index contributed by atoms with van der Waals surface area (Å²) in [6, 6.07) is 12.4. The van der Waals surface area contributed by atoms with E-state index in [1.165, 1.54) is 17.5 Å². The Morgan fingerprint density at radius 3 is 2.55 bits per heavy atom. The average molecular weight is 417 g/mol. The van der Waals surface area contributed by atoms with Gasteiger partial charge in [-0.1, -0.05) is 23.8 Å². The van der Waals surface area contributed by atoms with Gasteiger partial charge in [-0.05, 0) is 50.1 Å². The number of esters is 1. The van der Waals surface area contributed by atoms with E-state index >= 15 is 0 Å². The fourth-order valence-electron chi connectivity index (χ4n) is 3.18. The summed E-state index contributed by atoms with van der Waals surface area (Å²) >= 11 is 0. The lowest BCUT2D eigenvalue weighted by atomic mass is 10.2. The Hall–Kier alpha value is -2.91. The van der Waals surface area contributed by atoms with Crippen LogP contribution in [0.2, 0.25) is 0 Å². The Bertz CT molecular complexity index is 1010. The number of hydrogen-bond donors (Lipinski definition) is 2. The number of nitrogens with one attached hydrogen (secondary N) is 2. The van der Waals surface area contributed by atoms with Crippen molar-refractivity contribution in [1.29, 1.82) is 0 Å². The second-order valence-electron chi connectivity index (χ2n) is 6.76. The van der Waals surface area contributed by atoms with Crippen molar-refractivity contribution >= 4 is 27.7 Å². The first kappa shape index (κ1) is 20.8. The molecular formula is C20H23N3O5S. The Morgan fingerprint density at radius 1 is 1.14 bits per heavy atom. The van der Waals surface area contributed by atoms with Gasteiger partial charge in [-0.2, -0.15) is 4.31 Å². The molecule has 154 valence electrons. The molecule has 0 unspecified atom stereocenters. The monoisotopic (exact) mass is 417 g/mol. The molecule has 2 aromatic carbocycles. The summed E-state index contributed by atoms with van der Waals surface area (Å²) in [4.78, 5) is 24.2. The van der Waals surface area contributed by atoms with Crippen molar-refractivity contribution in [1.82, 2.24) is 9.62 Å². The Morgan fingerprint density at radius 2 is 1.86 bits per heavy atom. The van der Waals surface area contributed by atoms with Gasteiger partial charge in [0.1, 0.15) is 0 Å². The van der Waals surface area contributed by atoms with E-state index in [-0.39, 0.29) is 4.90 Å². The van der Waals surface area contributed by atoms with Crippen LogP contribution in [0.4, 0.5) is 10.5 Å². The van der Waals surface area contributed by atoms with E-state index in [0.717, 1.165) is 5.56 Å². The van der Waals surface area contributed by atoms with Gasteiger partial charge in [-0.25, -0.2) is 18.0 Å². The summed E-state index contributed by atoms with van der Waals surface area (Å²) in [5.41, 5.74) is 1.67. The SMILES string of the molecule is COC(=O)c1cccc(NC(=O)N[C@@H]2CCCN2S(=O)(=O)c2ccc(C)cc2)c1. The molecule has 3 rings (SSSR count). The van der Waals surface area contributed by atoms with Gasteiger partial charge in [0, 0.05) is 12.2 Å². The fourth-order valence-corrected chi connectivity index (χ4v) is 4.79. The Balaban J connectivity index is 1.70. The van der Waals surface area contributed by atoms with Gasteiger partial charge in [-0.3, -0.25) is 0 Å². The fraction of sp³-hybridized carbons (Fsp3) is 0.300. The molecule has 1 aliphatic rings. The zero-order chi connectivity index (χ0) is 21.0. The quantitative estimate of drug-likeness (QED) is 0.728. The summed E-state index contributed by atoms with van der Waals surface area (Å²) in [6.45, 7) is 2.22. The van der Waals surface area contributed by atoms with Crippen LogP contribution in [0.3, 0.4) is 0 Å². The molecule has 2 N–H and O–H groups in total. The number of ether oxygens (including phenoxy) is 1. The van der Waals surface area contributed by atoms with E-state index in [0.29, 0.717) is 30.6 Å². The standard InChI is InChI=1S/C20H23N3O5S/c1-14-8-10-17(11-9-14)29(26,27)23-12-4-7-18(23)22-20(25)21-16-6-3-5-15(13-16)19(24)28-2/h3,5-6,8-11,13,18H,4,7,12H2,1-2H3,(H2,21,22,25)/t18-/m0/s1. The minimum absolute atomic E-state index is 0.197. The van der Waals surface area contributed by atoms with Gasteiger partial charge in [-0.15, -0.1) is 0 Å². The molecule has 2 aromatic rings. The van der Waals surface area contributed by atoms with Crippen LogP contribution in [-0.2, 0) is 14.8 Å². The predicted molar refractivity (Wildman–Crippen MR) is 108 cm³/mol. The van der Waals surface area contributed by atoms with E-state index in [1.807, 2.05) is 6.92 Å². The first-order valence-corrected chi connectivity index (χ1v) is 10.6. The van der Waals surface area contributed by atoms with Crippen LogP contribution in [-0.4, -0.2) is 44.5 Å². The van der Waals surface area contributed by atoms with Crippen LogP contribution in [0.25, 0.3) is 0 Å². The second kappa shape index (κ2) is 8.62. The lowest BCUT2D eigenvalue weighted by Gasteiger charge is -2.25. The first-order chi connectivity index (χ1) is 13.8. The topological polar surface area (TPSA) is 105 Å². The number of amides is 2. The molecule has 1 heterocycles. The molecule has 2 amide bonds. The van der Waals surface area contributed by atoms with Crippen LogP contribution in [0.1, 0.15) is 28.8 Å². The molecule has 0 saturated carbocycles. The van der Waals surface area contributed by atoms with Crippen molar-refractivity contribution in [2.24, 2.45) is 0 Å². The number of rotatable bonds is 5. The third-order valence-corrected chi connectivity index (χ3v) is 6.59. The van der Waals surface area contributed by atoms with E-state index in [2.05, 4.69) is 15.4 Å². The number of urea groups is 1. The van der Waals surface area contributed by atoms with E-state index in [4.69, 9.17) is 0 Å². The molecule has 9 heteroatoms. The van der Waals surface area contributed by atoms with E-state index in [9.17, 15) is 18.0 Å². The molecule has 1 atom stereocenters. The third kappa shape index (κ3) is 4.75. The maximum atomic E-state index is 13.0. The van der Waals surface area contributed by atoms with Crippen LogP contribution < -0.4 is 10.6 Å². The van der Waals surface area contributed by atoms with Crippen molar-refractivity contribution in [3.63, 3.8) is 0 Å². The number of carbonyl (C=O) groups excluding carboxylic acids is 2. The lowest BCUT2D eigenvalue weighted by molar-refractivity contribution is 0.0600. The number of hydrogen-bond acceptors (Lipinski definition) is 5. The van der Waals surface area contributed by atoms with Crippen molar-refractivity contribution in [3.8, 4) is 0 Å². The molecular weight excluding hydrogens is 394 g/mol. The predicted octanol–water partition coefficient (Wildman–Crippen LogP) is 2.71. The molecule has 0 bridgehead atoms. The minimum Gasteiger partial charge on any atom is -0.465 e. The Kier molecular flexibility index (Phi) is 6.19. The number of carbonyl (C=O) groups is 2. The van der Waals surface area contributed by atoms with E-state index in [1.54, 1.807) is 42.5 Å². The molecule has 1 aliphatic heterocycles. The number of nitrogens with zero attached hydrogens (tertiary/aromatic N) is 1. The van der Waals surface area contributed by atoms with Crippen molar-refractivity contribution < 1.29 is 22.7 Å². The normalized spacial score (nSPS) is 17.0. The molecule has 1 saturated heterocycles. The highest BCUT2D eigenvalue weighted by Crippen LogP contribution is 2.25. The summed E-state index contributed by atoms with van der Waals surface area (Å²) in [5.74, 6) is -0.514. The molecule has 0 spiro atoms. The van der Waals surface area contributed by atoms with Gasteiger partial charge in [0.25, 0.3) is 0 Å². The van der Waals surface area contributed by atoms with Gasteiger partial charge in [0.2, 0.25) is 10.0 Å². The second-order valence-corrected chi connectivity index (χ2v) is 8.65. The summed E-state index contributed by atoms with van der Waals surface area (Å²) in [5, 5.41) is 5.34. The average Bonchev–Trinajstić information content (AvgIpc) is 3.16. The van der Waals surface area contributed by atoms with Crippen molar-refractivity contribution in [3.05, 3.63) is 59.7 Å². The van der Waals surface area contributed by atoms with Crippen LogP contribution >= 0.6 is 0 Å². The van der Waals surface area contributed by atoms with Crippen LogP contribution in [0, 0.1) is 6.92 Å². The van der Waals surface area contributed by atoms with Gasteiger partial charge in [0.05, 0.1) is 23.7 Å². The highest BCUT2D eigenvalue weighted by molar-refractivity contribution is 7.89. The lowest BCUT2D eigenvalue weighted by Crippen LogP contribution is -2.48. The van der Waals surface area contributed by atoms with Crippen molar-refractivity contribution in [2.75, 3.05) is 19.0 Å². The van der Waals surface area contributed by atoms with Crippen LogP contribution in [0.5, 0.6) is 0 Å². The zero-order valence-electron chi connectivity index (χ0n) is 16.2. The molecule has 8 nitrogen and oxygen atoms in total. The third-order valence-electron chi connectivity index (χ3n) is 4.67. The minimum atomic E-state index is -3.71. The largest absolute Gasteiger partial charge is 0.465 e. The van der Waals surface area contributed by atoms with Gasteiger partial charge in [0.15, 0.2) is 0 Å². The number of methoxy groups -OCH3 is 1. The number of aryl methyl sites for hydroxylation is 1. The molecule has 0 aromatic heterocycles. The summed E-state index contributed by atoms with van der Waals surface area (Å²) < 4.78 is 31.9. The van der Waals surface area contributed by atoms with Crippen molar-refractivity contribution in [2.45, 2.75) is 30.8 Å². The Labute approximate surface area is 169 Å². The number of anilines is 1. The smallest absolute Gasteiger partial charge is 0.337 e. The number of benzene rings is 2. The first-order valence-electron chi connectivity index (χ1n) is 9.15. The molecule has 29 heavy (non-hydrogen) atoms. The van der Waals surface area contributed by atoms with E-state index < -0.39 is 28.2 Å². The van der Waals surface area contributed by atoms with Gasteiger partial charge < -0.3 is 15.4 Å². The highest BCUT2D eigenvalue weighted by Gasteiger charge is 2.36. The molecule has 0 aliphatic carbocycles. The summed E-state index contributed by atoms with van der Waals surface area (Å²) in [6.07, 6.45) is 0.513. The zero-order valence-corrected chi connectivity index (χ0v) is 17.0. The summed E-state index contributed by atoms with van der Waals surface area (Å²) in [7, 11) is -2.44. The van der Waals surface area contributed by atoms with Gasteiger partial charge >= 0.3 is 12.0 Å². The molecule has 1 fully saturated rings. The highest BCUT2D eigenvalue weighted by atomic mass is 32.2. The van der Waals surface area contributed by atoms with Crippen LogP contribution in [0.15, 0.2) is 53.4 Å². The maximum absolute atomic E-state index is 13.0. The molecule has 0 radical (unpaired) electrons. The maximum Gasteiger partial charge on any atom is 0.337 e.